The maximum Gasteiger partial charge on any atom is 0.104 e. The zero-order chi connectivity index (χ0) is 9.64. The first-order valence-corrected chi connectivity index (χ1v) is 5.72. The van der Waals surface area contributed by atoms with Crippen LogP contribution in [0.3, 0.4) is 0 Å². The van der Waals surface area contributed by atoms with Crippen molar-refractivity contribution in [2.45, 2.75) is 31.8 Å². The third-order valence-electron chi connectivity index (χ3n) is 2.58. The van der Waals surface area contributed by atoms with E-state index in [4.69, 9.17) is 14.2 Å². The van der Waals surface area contributed by atoms with Crippen LogP contribution in [0.2, 0.25) is 0 Å². The van der Waals surface area contributed by atoms with Gasteiger partial charge in [-0.3, -0.25) is 0 Å². The van der Waals surface area contributed by atoms with Gasteiger partial charge in [0, 0.05) is 19.8 Å². The minimum absolute atomic E-state index is 0.404. The lowest BCUT2D eigenvalue weighted by atomic mass is 10.3. The van der Waals surface area contributed by atoms with Gasteiger partial charge in [-0.25, -0.2) is 0 Å². The van der Waals surface area contributed by atoms with Crippen molar-refractivity contribution in [3.8, 4) is 0 Å². The summed E-state index contributed by atoms with van der Waals surface area (Å²) in [5, 5.41) is 0. The summed E-state index contributed by atoms with van der Waals surface area (Å²) in [5.41, 5.74) is 0. The molecule has 2 rings (SSSR count). The van der Waals surface area contributed by atoms with Gasteiger partial charge in [0.15, 0.2) is 0 Å². The Kier molecular flexibility index (Phi) is 4.22. The van der Waals surface area contributed by atoms with Crippen LogP contribution in [0.25, 0.3) is 0 Å². The Morgan fingerprint density at radius 2 is 1.64 bits per heavy atom. The zero-order valence-corrected chi connectivity index (χ0v) is 8.74. The molecule has 0 radical (unpaired) electrons. The first kappa shape index (κ1) is 10.4. The molecule has 0 aromatic rings. The average molecular weight is 200 g/mol. The van der Waals surface area contributed by atoms with Crippen LogP contribution < -0.4 is 0 Å². The monoisotopic (exact) mass is 200 g/mol. The van der Waals surface area contributed by atoms with Gasteiger partial charge in [-0.1, -0.05) is 0 Å². The van der Waals surface area contributed by atoms with E-state index >= 15 is 0 Å². The highest BCUT2D eigenvalue weighted by Crippen LogP contribution is 2.28. The number of rotatable bonds is 9. The summed E-state index contributed by atoms with van der Waals surface area (Å²) in [5.74, 6) is 0.887. The van der Waals surface area contributed by atoms with Crippen LogP contribution in [0.4, 0.5) is 0 Å². The van der Waals surface area contributed by atoms with E-state index in [9.17, 15) is 0 Å². The van der Waals surface area contributed by atoms with Crippen molar-refractivity contribution in [3.63, 3.8) is 0 Å². The molecule has 0 unspecified atom stereocenters. The van der Waals surface area contributed by atoms with Gasteiger partial charge in [0.1, 0.15) is 6.10 Å². The maximum atomic E-state index is 5.52. The summed E-state index contributed by atoms with van der Waals surface area (Å²) >= 11 is 0. The molecule has 1 saturated heterocycles. The Bertz CT molecular complexity index is 135. The molecule has 1 aliphatic carbocycles. The van der Waals surface area contributed by atoms with E-state index in [-0.39, 0.29) is 0 Å². The minimum atomic E-state index is 0.404. The van der Waals surface area contributed by atoms with Gasteiger partial charge in [-0.15, -0.1) is 0 Å². The van der Waals surface area contributed by atoms with E-state index in [1.165, 1.54) is 12.8 Å². The van der Waals surface area contributed by atoms with E-state index in [2.05, 4.69) is 0 Å². The van der Waals surface area contributed by atoms with Crippen LogP contribution in [0, 0.1) is 5.92 Å². The lowest BCUT2D eigenvalue weighted by Gasteiger charge is -2.03. The normalized spacial score (nSPS) is 25.3. The third-order valence-corrected chi connectivity index (χ3v) is 2.58. The molecule has 3 nitrogen and oxygen atoms in total. The molecule has 1 atom stereocenters. The molecule has 2 fully saturated rings. The summed E-state index contributed by atoms with van der Waals surface area (Å²) in [6, 6.07) is 0. The van der Waals surface area contributed by atoms with Crippen molar-refractivity contribution in [1.29, 1.82) is 0 Å². The predicted octanol–water partition coefficient (Wildman–Crippen LogP) is 1.61. The smallest absolute Gasteiger partial charge is 0.104 e. The van der Waals surface area contributed by atoms with Crippen LogP contribution >= 0.6 is 0 Å². The molecule has 0 amide bonds. The molecule has 0 aromatic carbocycles. The van der Waals surface area contributed by atoms with Crippen LogP contribution in [-0.4, -0.2) is 39.1 Å². The van der Waals surface area contributed by atoms with Crippen molar-refractivity contribution in [2.75, 3.05) is 33.0 Å². The minimum Gasteiger partial charge on any atom is -0.381 e. The van der Waals surface area contributed by atoms with Crippen molar-refractivity contribution in [3.05, 3.63) is 0 Å². The average Bonchev–Trinajstić information content (AvgIpc) is 3.00. The molecule has 2 aliphatic rings. The molecular weight excluding hydrogens is 180 g/mol. The van der Waals surface area contributed by atoms with Crippen LogP contribution in [0.1, 0.15) is 25.7 Å². The Morgan fingerprint density at radius 3 is 2.21 bits per heavy atom. The number of unbranched alkanes of at least 4 members (excludes halogenated alkanes) is 1. The number of hydrogen-bond donors (Lipinski definition) is 0. The highest BCUT2D eigenvalue weighted by Gasteiger charge is 2.22. The summed E-state index contributed by atoms with van der Waals surface area (Å²) in [6.45, 7) is 4.41. The lowest BCUT2D eigenvalue weighted by Crippen LogP contribution is -2.04. The standard InChI is InChI=1S/C11H20O3/c1(5-12-7-10-3-4-10)2-6-13-8-11-9-14-11/h10-11H,1-9H2/t11-/m1/s1. The van der Waals surface area contributed by atoms with Crippen molar-refractivity contribution >= 4 is 0 Å². The Balaban J connectivity index is 1.25. The van der Waals surface area contributed by atoms with Crippen molar-refractivity contribution < 1.29 is 14.2 Å². The number of epoxide rings is 1. The fourth-order valence-electron chi connectivity index (χ4n) is 1.32. The van der Waals surface area contributed by atoms with Crippen molar-refractivity contribution in [2.24, 2.45) is 5.92 Å². The van der Waals surface area contributed by atoms with Gasteiger partial charge in [0.25, 0.3) is 0 Å². The predicted molar refractivity (Wildman–Crippen MR) is 53.3 cm³/mol. The largest absolute Gasteiger partial charge is 0.381 e. The second-order valence-corrected chi connectivity index (χ2v) is 4.26. The zero-order valence-electron chi connectivity index (χ0n) is 8.74. The molecule has 0 spiro atoms. The van der Waals surface area contributed by atoms with Gasteiger partial charge in [0.05, 0.1) is 13.2 Å². The molecule has 0 N–H and O–H groups in total. The molecule has 1 heterocycles. The highest BCUT2D eigenvalue weighted by molar-refractivity contribution is 4.71. The van der Waals surface area contributed by atoms with E-state index in [0.29, 0.717) is 6.10 Å². The molecule has 82 valence electrons. The van der Waals surface area contributed by atoms with Gasteiger partial charge in [0.2, 0.25) is 0 Å². The second kappa shape index (κ2) is 5.69. The molecule has 1 saturated carbocycles. The third kappa shape index (κ3) is 4.94. The summed E-state index contributed by atoms with van der Waals surface area (Å²) in [7, 11) is 0. The number of ether oxygens (including phenoxy) is 3. The maximum absolute atomic E-state index is 5.52. The van der Waals surface area contributed by atoms with Gasteiger partial charge in [-0.2, -0.15) is 0 Å². The Morgan fingerprint density at radius 1 is 1.00 bits per heavy atom. The van der Waals surface area contributed by atoms with E-state index < -0.39 is 0 Å². The first-order valence-electron chi connectivity index (χ1n) is 5.72. The summed E-state index contributed by atoms with van der Waals surface area (Å²) in [4.78, 5) is 0. The molecule has 3 heteroatoms. The van der Waals surface area contributed by atoms with Crippen LogP contribution in [-0.2, 0) is 14.2 Å². The van der Waals surface area contributed by atoms with Gasteiger partial charge >= 0.3 is 0 Å². The molecule has 1 aliphatic heterocycles. The van der Waals surface area contributed by atoms with E-state index in [0.717, 1.165) is 51.8 Å². The van der Waals surface area contributed by atoms with Gasteiger partial charge < -0.3 is 14.2 Å². The fraction of sp³-hybridized carbons (Fsp3) is 1.00. The molecule has 14 heavy (non-hydrogen) atoms. The Labute approximate surface area is 85.7 Å². The summed E-state index contributed by atoms with van der Waals surface area (Å²) < 4.78 is 16.0. The molecular formula is C11H20O3. The van der Waals surface area contributed by atoms with Crippen LogP contribution in [0.15, 0.2) is 0 Å². The van der Waals surface area contributed by atoms with Crippen LogP contribution in [0.5, 0.6) is 0 Å². The molecule has 0 bridgehead atoms. The topological polar surface area (TPSA) is 31.0 Å². The molecule has 0 aromatic heterocycles. The SMILES string of the molecule is C(CCOC[C@@H]1CO1)COCC1CC1. The first-order chi connectivity index (χ1) is 6.95. The highest BCUT2D eigenvalue weighted by atomic mass is 16.6. The fourth-order valence-corrected chi connectivity index (χ4v) is 1.32. The number of hydrogen-bond acceptors (Lipinski definition) is 3. The van der Waals surface area contributed by atoms with Gasteiger partial charge in [-0.05, 0) is 31.6 Å². The second-order valence-electron chi connectivity index (χ2n) is 4.26. The lowest BCUT2D eigenvalue weighted by molar-refractivity contribution is 0.0911. The van der Waals surface area contributed by atoms with E-state index in [1.54, 1.807) is 0 Å². The van der Waals surface area contributed by atoms with E-state index in [1.807, 2.05) is 0 Å². The summed E-state index contributed by atoms with van der Waals surface area (Å²) in [6.07, 6.45) is 5.39. The van der Waals surface area contributed by atoms with Crippen molar-refractivity contribution in [1.82, 2.24) is 0 Å². The quantitative estimate of drug-likeness (QED) is 0.418. The Hall–Kier alpha value is -0.120.